The first-order valence-corrected chi connectivity index (χ1v) is 7.79. The number of benzene rings is 1. The Morgan fingerprint density at radius 3 is 2.73 bits per heavy atom. The molecule has 3 aliphatic heterocycles. The minimum absolute atomic E-state index is 0.0793. The summed E-state index contributed by atoms with van der Waals surface area (Å²) in [6.07, 6.45) is 6.78. The van der Waals surface area contributed by atoms with Crippen LogP contribution in [-0.2, 0) is 9.53 Å². The Morgan fingerprint density at radius 1 is 1.14 bits per heavy atom. The van der Waals surface area contributed by atoms with Gasteiger partial charge in [0.15, 0.2) is 11.5 Å². The molecule has 0 aromatic heterocycles. The van der Waals surface area contributed by atoms with E-state index in [1.54, 1.807) is 6.08 Å². The number of morpholine rings is 1. The van der Waals surface area contributed by atoms with Crippen molar-refractivity contribution in [1.29, 1.82) is 0 Å². The molecule has 2 bridgehead atoms. The van der Waals surface area contributed by atoms with Crippen LogP contribution in [0.1, 0.15) is 24.8 Å². The van der Waals surface area contributed by atoms with E-state index in [1.165, 1.54) is 6.42 Å². The minimum atomic E-state index is 0.0793. The van der Waals surface area contributed by atoms with Crippen molar-refractivity contribution in [2.24, 2.45) is 0 Å². The fraction of sp³-hybridized carbons (Fsp3) is 0.471. The van der Waals surface area contributed by atoms with Crippen molar-refractivity contribution in [2.45, 2.75) is 31.3 Å². The van der Waals surface area contributed by atoms with Crippen LogP contribution in [0.2, 0.25) is 0 Å². The fourth-order valence-electron chi connectivity index (χ4n) is 3.46. The highest BCUT2D eigenvalue weighted by Crippen LogP contribution is 2.33. The van der Waals surface area contributed by atoms with Gasteiger partial charge in [0.25, 0.3) is 0 Å². The highest BCUT2D eigenvalue weighted by molar-refractivity contribution is 5.92. The third-order valence-electron chi connectivity index (χ3n) is 4.55. The standard InChI is InChI=1S/C17H19NO4/c19-17(18-13-2-1-3-14(18)10-20-9-13)7-5-12-4-6-15-16(8-12)22-11-21-15/h4-8,13-14H,1-3,9-11H2/b7-5+. The van der Waals surface area contributed by atoms with Crippen molar-refractivity contribution in [3.63, 3.8) is 0 Å². The molecular formula is C17H19NO4. The van der Waals surface area contributed by atoms with E-state index >= 15 is 0 Å². The van der Waals surface area contributed by atoms with Crippen LogP contribution in [0.3, 0.4) is 0 Å². The molecule has 22 heavy (non-hydrogen) atoms. The average molecular weight is 301 g/mol. The summed E-state index contributed by atoms with van der Waals surface area (Å²) < 4.78 is 16.2. The zero-order valence-electron chi connectivity index (χ0n) is 12.4. The third-order valence-corrected chi connectivity index (χ3v) is 4.55. The van der Waals surface area contributed by atoms with Crippen LogP contribution in [0.15, 0.2) is 24.3 Å². The molecule has 2 fully saturated rings. The first-order valence-electron chi connectivity index (χ1n) is 7.79. The van der Waals surface area contributed by atoms with Gasteiger partial charge in [-0.3, -0.25) is 4.79 Å². The number of rotatable bonds is 2. The number of nitrogens with zero attached hydrogens (tertiary/aromatic N) is 1. The van der Waals surface area contributed by atoms with Crippen molar-refractivity contribution in [3.8, 4) is 11.5 Å². The van der Waals surface area contributed by atoms with Gasteiger partial charge in [-0.15, -0.1) is 0 Å². The van der Waals surface area contributed by atoms with Gasteiger partial charge in [0, 0.05) is 6.08 Å². The minimum Gasteiger partial charge on any atom is -0.454 e. The average Bonchev–Trinajstić information content (AvgIpc) is 2.99. The highest BCUT2D eigenvalue weighted by atomic mass is 16.7. The molecule has 5 heteroatoms. The topological polar surface area (TPSA) is 48.0 Å². The third kappa shape index (κ3) is 2.46. The Bertz CT molecular complexity index is 591. The van der Waals surface area contributed by atoms with Gasteiger partial charge in [-0.05, 0) is 43.0 Å². The van der Waals surface area contributed by atoms with Gasteiger partial charge >= 0.3 is 0 Å². The quantitative estimate of drug-likeness (QED) is 0.786. The molecular weight excluding hydrogens is 282 g/mol. The van der Waals surface area contributed by atoms with Crippen LogP contribution in [0, 0.1) is 0 Å². The van der Waals surface area contributed by atoms with E-state index in [2.05, 4.69) is 0 Å². The SMILES string of the molecule is O=C(/C=C/c1ccc2c(c1)OCO2)N1C2CCCC1COC2. The van der Waals surface area contributed by atoms with E-state index in [4.69, 9.17) is 14.2 Å². The Labute approximate surface area is 129 Å². The second-order valence-corrected chi connectivity index (χ2v) is 5.97. The maximum atomic E-state index is 12.5. The van der Waals surface area contributed by atoms with E-state index in [0.29, 0.717) is 13.2 Å². The van der Waals surface area contributed by atoms with E-state index in [1.807, 2.05) is 29.2 Å². The predicted octanol–water partition coefficient (Wildman–Crippen LogP) is 2.21. The molecule has 0 spiro atoms. The molecule has 0 aliphatic carbocycles. The molecule has 0 N–H and O–H groups in total. The fourth-order valence-corrected chi connectivity index (χ4v) is 3.46. The lowest BCUT2D eigenvalue weighted by Gasteiger charge is -2.45. The maximum Gasteiger partial charge on any atom is 0.247 e. The lowest BCUT2D eigenvalue weighted by atomic mass is 9.94. The lowest BCUT2D eigenvalue weighted by Crippen LogP contribution is -2.56. The van der Waals surface area contributed by atoms with Gasteiger partial charge in [-0.1, -0.05) is 6.07 Å². The summed E-state index contributed by atoms with van der Waals surface area (Å²) in [5.41, 5.74) is 0.941. The van der Waals surface area contributed by atoms with Crippen molar-refractivity contribution >= 4 is 12.0 Å². The molecule has 116 valence electrons. The largest absolute Gasteiger partial charge is 0.454 e. The molecule has 4 rings (SSSR count). The number of carbonyl (C=O) groups excluding carboxylic acids is 1. The van der Waals surface area contributed by atoms with Crippen LogP contribution < -0.4 is 9.47 Å². The van der Waals surface area contributed by atoms with Crippen LogP contribution in [-0.4, -0.2) is 42.9 Å². The normalized spacial score (nSPS) is 26.5. The first kappa shape index (κ1) is 13.6. The summed E-state index contributed by atoms with van der Waals surface area (Å²) >= 11 is 0. The molecule has 2 unspecified atom stereocenters. The zero-order chi connectivity index (χ0) is 14.9. The lowest BCUT2D eigenvalue weighted by molar-refractivity contribution is -0.145. The maximum absolute atomic E-state index is 12.5. The number of hydrogen-bond donors (Lipinski definition) is 0. The van der Waals surface area contributed by atoms with Crippen molar-refractivity contribution < 1.29 is 19.0 Å². The Morgan fingerprint density at radius 2 is 1.91 bits per heavy atom. The van der Waals surface area contributed by atoms with Gasteiger partial charge in [0.05, 0.1) is 25.3 Å². The van der Waals surface area contributed by atoms with Gasteiger partial charge in [0.1, 0.15) is 0 Å². The van der Waals surface area contributed by atoms with E-state index < -0.39 is 0 Å². The van der Waals surface area contributed by atoms with Crippen molar-refractivity contribution in [3.05, 3.63) is 29.8 Å². The van der Waals surface area contributed by atoms with Gasteiger partial charge in [-0.25, -0.2) is 0 Å². The molecule has 2 saturated heterocycles. The summed E-state index contributed by atoms with van der Waals surface area (Å²) in [4.78, 5) is 14.6. The van der Waals surface area contributed by atoms with Gasteiger partial charge < -0.3 is 19.1 Å². The number of carbonyl (C=O) groups is 1. The summed E-state index contributed by atoms with van der Waals surface area (Å²) in [7, 11) is 0. The number of amides is 1. The van der Waals surface area contributed by atoms with Crippen LogP contribution >= 0.6 is 0 Å². The molecule has 1 amide bonds. The molecule has 3 aliphatic rings. The van der Waals surface area contributed by atoms with E-state index in [9.17, 15) is 4.79 Å². The summed E-state index contributed by atoms with van der Waals surface area (Å²) in [5.74, 6) is 1.57. The predicted molar refractivity (Wildman–Crippen MR) is 80.7 cm³/mol. The van der Waals surface area contributed by atoms with Crippen LogP contribution in [0.25, 0.3) is 6.08 Å². The number of piperidine rings is 1. The first-order chi connectivity index (χ1) is 10.8. The molecule has 1 aromatic rings. The molecule has 0 saturated carbocycles. The summed E-state index contributed by atoms with van der Waals surface area (Å²) in [6.45, 7) is 1.60. The van der Waals surface area contributed by atoms with E-state index in [0.717, 1.165) is 29.9 Å². The van der Waals surface area contributed by atoms with Crippen molar-refractivity contribution in [2.75, 3.05) is 20.0 Å². The Hall–Kier alpha value is -2.01. The number of ether oxygens (including phenoxy) is 3. The second kappa shape index (κ2) is 5.65. The smallest absolute Gasteiger partial charge is 0.247 e. The molecule has 5 nitrogen and oxygen atoms in total. The second-order valence-electron chi connectivity index (χ2n) is 5.97. The van der Waals surface area contributed by atoms with Gasteiger partial charge in [-0.2, -0.15) is 0 Å². The molecule has 0 radical (unpaired) electrons. The monoisotopic (exact) mass is 301 g/mol. The van der Waals surface area contributed by atoms with Crippen molar-refractivity contribution in [1.82, 2.24) is 4.90 Å². The molecule has 3 heterocycles. The summed E-state index contributed by atoms with van der Waals surface area (Å²) in [5, 5.41) is 0. The number of hydrogen-bond acceptors (Lipinski definition) is 4. The Balaban J connectivity index is 1.49. The number of fused-ring (bicyclic) bond motifs is 3. The van der Waals surface area contributed by atoms with Crippen LogP contribution in [0.4, 0.5) is 0 Å². The molecule has 2 atom stereocenters. The van der Waals surface area contributed by atoms with Gasteiger partial charge in [0.2, 0.25) is 12.7 Å². The zero-order valence-corrected chi connectivity index (χ0v) is 12.4. The Kier molecular flexibility index (Phi) is 3.50. The molecule has 1 aromatic carbocycles. The van der Waals surface area contributed by atoms with Crippen LogP contribution in [0.5, 0.6) is 11.5 Å². The highest BCUT2D eigenvalue weighted by Gasteiger charge is 2.36. The summed E-state index contributed by atoms with van der Waals surface area (Å²) in [6, 6.07) is 6.17. The van der Waals surface area contributed by atoms with E-state index in [-0.39, 0.29) is 24.8 Å².